The van der Waals surface area contributed by atoms with Crippen LogP contribution in [0, 0.1) is 0 Å². The first-order valence-corrected chi connectivity index (χ1v) is 11.9. The van der Waals surface area contributed by atoms with Crippen molar-refractivity contribution in [1.29, 1.82) is 0 Å². The van der Waals surface area contributed by atoms with Gasteiger partial charge in [0.1, 0.15) is 0 Å². The molecule has 0 bridgehead atoms. The molecular weight excluding hydrogens is 511 g/mol. The van der Waals surface area contributed by atoms with E-state index < -0.39 is 0 Å². The maximum atomic E-state index is 12.7. The molecule has 0 radical (unpaired) electrons. The van der Waals surface area contributed by atoms with Gasteiger partial charge in [-0.1, -0.05) is 6.92 Å². The Bertz CT molecular complexity index is 683. The molecule has 1 atom stereocenters. The van der Waals surface area contributed by atoms with Crippen LogP contribution < -0.4 is 5.32 Å². The molecular formula is C21H37IN6OS. The van der Waals surface area contributed by atoms with E-state index in [1.54, 1.807) is 11.3 Å². The topological polar surface area (TPSA) is 64.1 Å². The molecule has 3 rings (SSSR count). The molecule has 3 heterocycles. The average molecular weight is 549 g/mol. The van der Waals surface area contributed by atoms with Crippen molar-refractivity contribution in [2.24, 2.45) is 4.99 Å². The molecule has 1 N–H and O–H groups in total. The summed E-state index contributed by atoms with van der Waals surface area (Å²) in [5.74, 6) is 1.28. The van der Waals surface area contributed by atoms with Crippen molar-refractivity contribution in [3.63, 3.8) is 0 Å². The second-order valence-corrected chi connectivity index (χ2v) is 8.99. The number of aryl methyl sites for hydroxylation is 1. The minimum Gasteiger partial charge on any atom is -0.357 e. The molecule has 0 aliphatic carbocycles. The fourth-order valence-electron chi connectivity index (χ4n) is 3.99. The average Bonchev–Trinajstić information content (AvgIpc) is 3.44. The molecule has 0 aromatic carbocycles. The van der Waals surface area contributed by atoms with Crippen molar-refractivity contribution in [2.45, 2.75) is 52.5 Å². The van der Waals surface area contributed by atoms with E-state index in [0.717, 1.165) is 84.0 Å². The number of halogens is 1. The van der Waals surface area contributed by atoms with Crippen LogP contribution in [0.5, 0.6) is 0 Å². The second-order valence-electron chi connectivity index (χ2n) is 7.79. The summed E-state index contributed by atoms with van der Waals surface area (Å²) in [5.41, 5.74) is 0. The summed E-state index contributed by atoms with van der Waals surface area (Å²) < 4.78 is 0. The quantitative estimate of drug-likeness (QED) is 0.322. The van der Waals surface area contributed by atoms with Crippen LogP contribution in [0.3, 0.4) is 0 Å². The first-order valence-electron chi connectivity index (χ1n) is 11.1. The molecule has 2 aliphatic heterocycles. The Morgan fingerprint density at radius 1 is 1.17 bits per heavy atom. The molecule has 170 valence electrons. The first kappa shape index (κ1) is 25.3. The van der Waals surface area contributed by atoms with Crippen molar-refractivity contribution in [2.75, 3.05) is 52.4 Å². The van der Waals surface area contributed by atoms with Gasteiger partial charge in [-0.3, -0.25) is 14.7 Å². The Morgan fingerprint density at radius 2 is 1.87 bits per heavy atom. The summed E-state index contributed by atoms with van der Waals surface area (Å²) in [6, 6.07) is -0.0209. The third-order valence-electron chi connectivity index (χ3n) is 5.81. The van der Waals surface area contributed by atoms with E-state index in [-0.39, 0.29) is 30.0 Å². The number of carbonyl (C=O) groups is 1. The number of hydrogen-bond donors (Lipinski definition) is 1. The molecule has 1 unspecified atom stereocenters. The molecule has 1 aromatic heterocycles. The molecule has 0 spiro atoms. The van der Waals surface area contributed by atoms with Gasteiger partial charge in [0.15, 0.2) is 5.96 Å². The Kier molecular flexibility index (Phi) is 10.8. The predicted molar refractivity (Wildman–Crippen MR) is 135 cm³/mol. The van der Waals surface area contributed by atoms with E-state index in [9.17, 15) is 4.79 Å². The molecule has 2 fully saturated rings. The number of nitrogens with zero attached hydrogens (tertiary/aromatic N) is 5. The normalized spacial score (nSPS) is 19.0. The third kappa shape index (κ3) is 6.78. The number of aliphatic imine (C=N–C) groups is 1. The van der Waals surface area contributed by atoms with Crippen molar-refractivity contribution in [3.05, 3.63) is 16.1 Å². The summed E-state index contributed by atoms with van der Waals surface area (Å²) in [6.07, 6.45) is 6.22. The highest BCUT2D eigenvalue weighted by atomic mass is 127. The maximum absolute atomic E-state index is 12.7. The number of likely N-dealkylation sites (tertiary alicyclic amines) is 1. The van der Waals surface area contributed by atoms with Crippen LogP contribution in [0.25, 0.3) is 0 Å². The Balaban J connectivity index is 0.00000320. The van der Waals surface area contributed by atoms with Gasteiger partial charge in [0.2, 0.25) is 5.91 Å². The maximum Gasteiger partial charge on any atom is 0.239 e. The fourth-order valence-corrected chi connectivity index (χ4v) is 4.84. The minimum atomic E-state index is -0.0209. The number of amides is 1. The lowest BCUT2D eigenvalue weighted by atomic mass is 10.2. The molecule has 1 aromatic rings. The number of piperazine rings is 1. The van der Waals surface area contributed by atoms with Gasteiger partial charge in [-0.15, -0.1) is 35.3 Å². The number of nitrogens with one attached hydrogen (secondary N) is 1. The fraction of sp³-hybridized carbons (Fsp3) is 0.762. The smallest absolute Gasteiger partial charge is 0.239 e. The predicted octanol–water partition coefficient (Wildman–Crippen LogP) is 2.46. The van der Waals surface area contributed by atoms with Crippen molar-refractivity contribution in [3.8, 4) is 0 Å². The number of aromatic nitrogens is 1. The Hall–Kier alpha value is -0.940. The van der Waals surface area contributed by atoms with E-state index in [4.69, 9.17) is 4.99 Å². The largest absolute Gasteiger partial charge is 0.357 e. The molecule has 1 amide bonds. The van der Waals surface area contributed by atoms with Crippen molar-refractivity contribution >= 4 is 47.2 Å². The minimum absolute atomic E-state index is 0. The van der Waals surface area contributed by atoms with Crippen LogP contribution in [0.15, 0.2) is 11.2 Å². The van der Waals surface area contributed by atoms with Gasteiger partial charge in [-0.05, 0) is 33.1 Å². The third-order valence-corrected chi connectivity index (χ3v) is 7.01. The first-order chi connectivity index (χ1) is 14.1. The van der Waals surface area contributed by atoms with Gasteiger partial charge in [-0.25, -0.2) is 4.98 Å². The van der Waals surface area contributed by atoms with E-state index in [1.165, 1.54) is 9.88 Å². The lowest BCUT2D eigenvalue weighted by molar-refractivity contribution is -0.135. The molecule has 9 heteroatoms. The number of carbonyl (C=O) groups excluding carboxylic acids is 1. The summed E-state index contributed by atoms with van der Waals surface area (Å²) in [4.78, 5) is 30.0. The highest BCUT2D eigenvalue weighted by Gasteiger charge is 2.30. The highest BCUT2D eigenvalue weighted by Crippen LogP contribution is 2.15. The van der Waals surface area contributed by atoms with Gasteiger partial charge in [0, 0.05) is 69.9 Å². The summed E-state index contributed by atoms with van der Waals surface area (Å²) in [7, 11) is 0. The van der Waals surface area contributed by atoms with Gasteiger partial charge in [0.25, 0.3) is 0 Å². The van der Waals surface area contributed by atoms with Crippen LogP contribution in [0.2, 0.25) is 0 Å². The number of thiazole rings is 1. The van der Waals surface area contributed by atoms with Crippen LogP contribution in [-0.4, -0.2) is 90.0 Å². The van der Waals surface area contributed by atoms with Gasteiger partial charge >= 0.3 is 0 Å². The molecule has 0 saturated carbocycles. The molecule has 7 nitrogen and oxygen atoms in total. The second kappa shape index (κ2) is 12.8. The van der Waals surface area contributed by atoms with Crippen molar-refractivity contribution in [1.82, 2.24) is 25.0 Å². The number of hydrogen-bond acceptors (Lipinski definition) is 5. The zero-order valence-corrected chi connectivity index (χ0v) is 21.7. The summed E-state index contributed by atoms with van der Waals surface area (Å²) in [5, 5.41) is 4.60. The number of rotatable bonds is 7. The van der Waals surface area contributed by atoms with Crippen LogP contribution >= 0.6 is 35.3 Å². The van der Waals surface area contributed by atoms with E-state index in [0.29, 0.717) is 5.91 Å². The Morgan fingerprint density at radius 3 is 2.47 bits per heavy atom. The molecule has 30 heavy (non-hydrogen) atoms. The number of guanidine groups is 1. The standard InChI is InChI=1S/C21H36N6OS.HI/c1-4-18-16-24-19(29-18)8-9-23-21(22-5-2)27-14-12-25(13-15-27)17(3)20(28)26-10-6-7-11-26;/h16-17H,4-15H2,1-3H3,(H,22,23);1H. The van der Waals surface area contributed by atoms with Crippen molar-refractivity contribution < 1.29 is 4.79 Å². The van der Waals surface area contributed by atoms with Crippen LogP contribution in [0.4, 0.5) is 0 Å². The van der Waals surface area contributed by atoms with E-state index in [1.807, 2.05) is 11.1 Å². The highest BCUT2D eigenvalue weighted by molar-refractivity contribution is 14.0. The lowest BCUT2D eigenvalue weighted by Gasteiger charge is -2.39. The van der Waals surface area contributed by atoms with E-state index >= 15 is 0 Å². The summed E-state index contributed by atoms with van der Waals surface area (Å²) >= 11 is 1.79. The summed E-state index contributed by atoms with van der Waals surface area (Å²) in [6.45, 7) is 13.4. The zero-order chi connectivity index (χ0) is 20.6. The Labute approximate surface area is 202 Å². The van der Waals surface area contributed by atoms with E-state index in [2.05, 4.69) is 40.9 Å². The van der Waals surface area contributed by atoms with Gasteiger partial charge in [0.05, 0.1) is 11.0 Å². The van der Waals surface area contributed by atoms with Gasteiger partial charge in [-0.2, -0.15) is 0 Å². The lowest BCUT2D eigenvalue weighted by Crippen LogP contribution is -2.57. The monoisotopic (exact) mass is 548 g/mol. The van der Waals surface area contributed by atoms with Gasteiger partial charge < -0.3 is 15.1 Å². The zero-order valence-electron chi connectivity index (χ0n) is 18.6. The van der Waals surface area contributed by atoms with Crippen LogP contribution in [-0.2, 0) is 17.6 Å². The molecule has 2 aliphatic rings. The SMILES string of the molecule is CCNC(=NCCc1ncc(CC)s1)N1CCN(C(C)C(=O)N2CCCC2)CC1.I. The van der Waals surface area contributed by atoms with Crippen LogP contribution in [0.1, 0.15) is 43.5 Å². The molecule has 2 saturated heterocycles.